The molecule has 1 rings (SSSR count). The van der Waals surface area contributed by atoms with Crippen molar-refractivity contribution in [3.8, 4) is 0 Å². The summed E-state index contributed by atoms with van der Waals surface area (Å²) in [6.07, 6.45) is 3.53. The smallest absolute Gasteiger partial charge is 0.0590 e. The van der Waals surface area contributed by atoms with Gasteiger partial charge in [-0.1, -0.05) is 0 Å². The van der Waals surface area contributed by atoms with E-state index in [4.69, 9.17) is 21.1 Å². The monoisotopic (exact) mass is 235 g/mol. The zero-order chi connectivity index (χ0) is 11.0. The van der Waals surface area contributed by atoms with E-state index in [-0.39, 0.29) is 0 Å². The maximum absolute atomic E-state index is 5.87. The fourth-order valence-electron chi connectivity index (χ4n) is 1.44. The van der Waals surface area contributed by atoms with Crippen LogP contribution in [0.2, 0.25) is 0 Å². The molecule has 0 aromatic heterocycles. The molecule has 0 aliphatic heterocycles. The summed E-state index contributed by atoms with van der Waals surface area (Å²) in [7, 11) is 1.71. The molecule has 0 radical (unpaired) electrons. The molecule has 3 nitrogen and oxygen atoms in total. The summed E-state index contributed by atoms with van der Waals surface area (Å²) in [5, 5.41) is 3.39. The second-order valence-electron chi connectivity index (χ2n) is 4.27. The van der Waals surface area contributed by atoms with Crippen molar-refractivity contribution in [3.63, 3.8) is 0 Å². The Labute approximate surface area is 97.5 Å². The molecule has 0 amide bonds. The van der Waals surface area contributed by atoms with Gasteiger partial charge in [0, 0.05) is 39.3 Å². The lowest BCUT2D eigenvalue weighted by atomic mass is 10.1. The summed E-state index contributed by atoms with van der Waals surface area (Å²) in [6.45, 7) is 4.31. The first-order chi connectivity index (χ1) is 7.33. The van der Waals surface area contributed by atoms with Crippen LogP contribution in [0.5, 0.6) is 0 Å². The van der Waals surface area contributed by atoms with Crippen molar-refractivity contribution in [1.82, 2.24) is 5.32 Å². The summed E-state index contributed by atoms with van der Waals surface area (Å²) < 4.78 is 10.4. The van der Waals surface area contributed by atoms with Gasteiger partial charge in [-0.15, -0.1) is 11.6 Å². The van der Waals surface area contributed by atoms with Crippen molar-refractivity contribution in [2.45, 2.75) is 19.3 Å². The Bertz CT molecular complexity index is 163. The molecule has 1 fully saturated rings. The number of hydrogen-bond donors (Lipinski definition) is 1. The van der Waals surface area contributed by atoms with Crippen molar-refractivity contribution in [1.29, 1.82) is 0 Å². The average Bonchev–Trinajstić information content (AvgIpc) is 3.03. The maximum atomic E-state index is 5.87. The summed E-state index contributed by atoms with van der Waals surface area (Å²) in [5.41, 5.74) is 0.414. The first kappa shape index (κ1) is 13.2. The number of ether oxygens (including phenoxy) is 2. The Morgan fingerprint density at radius 1 is 1.27 bits per heavy atom. The number of nitrogens with one attached hydrogen (secondary N) is 1. The topological polar surface area (TPSA) is 30.5 Å². The molecule has 90 valence electrons. The molecule has 0 aromatic rings. The van der Waals surface area contributed by atoms with Crippen LogP contribution in [0.4, 0.5) is 0 Å². The second kappa shape index (κ2) is 7.44. The Balaban J connectivity index is 1.77. The minimum Gasteiger partial charge on any atom is -0.385 e. The van der Waals surface area contributed by atoms with E-state index in [9.17, 15) is 0 Å². The van der Waals surface area contributed by atoms with E-state index in [0.29, 0.717) is 5.41 Å². The Morgan fingerprint density at radius 3 is 2.67 bits per heavy atom. The fraction of sp³-hybridized carbons (Fsp3) is 1.00. The first-order valence-corrected chi connectivity index (χ1v) is 6.20. The van der Waals surface area contributed by atoms with Gasteiger partial charge in [0.2, 0.25) is 0 Å². The number of halogens is 1. The molecule has 4 heteroatoms. The molecule has 1 N–H and O–H groups in total. The minimum atomic E-state index is 0.414. The van der Waals surface area contributed by atoms with Gasteiger partial charge in [-0.2, -0.15) is 0 Å². The quantitative estimate of drug-likeness (QED) is 0.461. The predicted octanol–water partition coefficient (Wildman–Crippen LogP) is 1.65. The molecular weight excluding hydrogens is 214 g/mol. The number of rotatable bonds is 10. The van der Waals surface area contributed by atoms with E-state index in [0.717, 1.165) is 45.2 Å². The highest BCUT2D eigenvalue weighted by Crippen LogP contribution is 2.45. The van der Waals surface area contributed by atoms with E-state index >= 15 is 0 Å². The molecule has 0 aromatic carbocycles. The van der Waals surface area contributed by atoms with Crippen LogP contribution in [-0.2, 0) is 9.47 Å². The average molecular weight is 236 g/mol. The normalized spacial score (nSPS) is 18.0. The Morgan fingerprint density at radius 2 is 2.07 bits per heavy atom. The largest absolute Gasteiger partial charge is 0.385 e. The Hall–Kier alpha value is 0.170. The molecule has 1 saturated carbocycles. The molecule has 0 spiro atoms. The third-order valence-electron chi connectivity index (χ3n) is 2.80. The summed E-state index contributed by atoms with van der Waals surface area (Å²) in [5.74, 6) is 0.786. The van der Waals surface area contributed by atoms with Gasteiger partial charge in [0.05, 0.1) is 6.61 Å². The zero-order valence-electron chi connectivity index (χ0n) is 9.56. The van der Waals surface area contributed by atoms with Gasteiger partial charge in [0.1, 0.15) is 0 Å². The summed E-state index contributed by atoms with van der Waals surface area (Å²) in [4.78, 5) is 0. The van der Waals surface area contributed by atoms with Crippen LogP contribution in [0.25, 0.3) is 0 Å². The maximum Gasteiger partial charge on any atom is 0.0590 e. The van der Waals surface area contributed by atoms with Crippen molar-refractivity contribution in [2.75, 3.05) is 45.9 Å². The van der Waals surface area contributed by atoms with Gasteiger partial charge < -0.3 is 14.8 Å². The lowest BCUT2D eigenvalue weighted by Gasteiger charge is -2.12. The fourth-order valence-corrected chi connectivity index (χ4v) is 1.80. The van der Waals surface area contributed by atoms with Gasteiger partial charge in [0.25, 0.3) is 0 Å². The number of methoxy groups -OCH3 is 1. The van der Waals surface area contributed by atoms with Crippen LogP contribution in [0.1, 0.15) is 19.3 Å². The predicted molar refractivity (Wildman–Crippen MR) is 62.6 cm³/mol. The molecule has 0 saturated heterocycles. The third-order valence-corrected chi connectivity index (χ3v) is 3.37. The van der Waals surface area contributed by atoms with Crippen LogP contribution < -0.4 is 5.32 Å². The van der Waals surface area contributed by atoms with Crippen molar-refractivity contribution >= 4 is 11.6 Å². The number of alkyl halides is 1. The molecule has 0 unspecified atom stereocenters. The standard InChI is InChI=1S/C11H22ClNO2/c1-14-6-2-7-15-8-5-13-10-11(9-12)3-4-11/h13H,2-10H2,1H3. The van der Waals surface area contributed by atoms with Gasteiger partial charge in [-0.3, -0.25) is 0 Å². The molecule has 15 heavy (non-hydrogen) atoms. The van der Waals surface area contributed by atoms with E-state index in [2.05, 4.69) is 5.32 Å². The number of hydrogen-bond acceptors (Lipinski definition) is 3. The van der Waals surface area contributed by atoms with Gasteiger partial charge >= 0.3 is 0 Å². The molecular formula is C11H22ClNO2. The lowest BCUT2D eigenvalue weighted by Crippen LogP contribution is -2.28. The van der Waals surface area contributed by atoms with Gasteiger partial charge in [-0.05, 0) is 24.7 Å². The molecule has 0 bridgehead atoms. The van der Waals surface area contributed by atoms with E-state index in [1.54, 1.807) is 7.11 Å². The van der Waals surface area contributed by atoms with Crippen LogP contribution in [0.3, 0.4) is 0 Å². The first-order valence-electron chi connectivity index (χ1n) is 5.66. The van der Waals surface area contributed by atoms with Crippen LogP contribution >= 0.6 is 11.6 Å². The van der Waals surface area contributed by atoms with Crippen molar-refractivity contribution in [2.24, 2.45) is 5.41 Å². The zero-order valence-corrected chi connectivity index (χ0v) is 10.3. The van der Waals surface area contributed by atoms with Crippen LogP contribution in [0.15, 0.2) is 0 Å². The third kappa shape index (κ3) is 5.71. The van der Waals surface area contributed by atoms with E-state index < -0.39 is 0 Å². The second-order valence-corrected chi connectivity index (χ2v) is 4.54. The van der Waals surface area contributed by atoms with Gasteiger partial charge in [0.15, 0.2) is 0 Å². The van der Waals surface area contributed by atoms with E-state index in [1.807, 2.05) is 0 Å². The van der Waals surface area contributed by atoms with Crippen LogP contribution in [-0.4, -0.2) is 45.9 Å². The summed E-state index contributed by atoms with van der Waals surface area (Å²) in [6, 6.07) is 0. The van der Waals surface area contributed by atoms with Crippen LogP contribution in [0, 0.1) is 5.41 Å². The molecule has 0 atom stereocenters. The highest BCUT2D eigenvalue weighted by molar-refractivity contribution is 6.18. The van der Waals surface area contributed by atoms with Crippen molar-refractivity contribution in [3.05, 3.63) is 0 Å². The molecule has 1 aliphatic rings. The SMILES string of the molecule is COCCCOCCNCC1(CCl)CC1. The molecule has 0 heterocycles. The Kier molecular flexibility index (Phi) is 6.57. The minimum absolute atomic E-state index is 0.414. The molecule has 1 aliphatic carbocycles. The highest BCUT2D eigenvalue weighted by atomic mass is 35.5. The van der Waals surface area contributed by atoms with Crippen molar-refractivity contribution < 1.29 is 9.47 Å². The van der Waals surface area contributed by atoms with E-state index in [1.165, 1.54) is 12.8 Å². The highest BCUT2D eigenvalue weighted by Gasteiger charge is 2.40. The van der Waals surface area contributed by atoms with Gasteiger partial charge in [-0.25, -0.2) is 0 Å². The summed E-state index contributed by atoms with van der Waals surface area (Å²) >= 11 is 5.87. The lowest BCUT2D eigenvalue weighted by molar-refractivity contribution is 0.104.